The van der Waals surface area contributed by atoms with Crippen LogP contribution in [-0.4, -0.2) is 34.2 Å². The van der Waals surface area contributed by atoms with E-state index in [1.807, 2.05) is 12.2 Å². The van der Waals surface area contributed by atoms with Crippen molar-refractivity contribution in [2.24, 2.45) is 29.6 Å². The first-order valence-corrected chi connectivity index (χ1v) is 10.0. The Labute approximate surface area is 156 Å². The van der Waals surface area contributed by atoms with Gasteiger partial charge in [-0.15, -0.1) is 0 Å². The molecule has 146 valence electrons. The van der Waals surface area contributed by atoms with Gasteiger partial charge in [0.2, 0.25) is 0 Å². The molecule has 26 heavy (non-hydrogen) atoms. The van der Waals surface area contributed by atoms with Gasteiger partial charge in [0.15, 0.2) is 0 Å². The lowest BCUT2D eigenvalue weighted by Crippen LogP contribution is -2.66. The number of aliphatic carboxylic acids is 1. The maximum atomic E-state index is 13.0. The molecule has 0 spiro atoms. The summed E-state index contributed by atoms with van der Waals surface area (Å²) >= 11 is 0. The maximum Gasteiger partial charge on any atom is 0.310 e. The van der Waals surface area contributed by atoms with E-state index in [-0.39, 0.29) is 40.9 Å². The fraction of sp³-hybridized carbons (Fsp3) is 0.810. The number of piperidine rings is 1. The van der Waals surface area contributed by atoms with Gasteiger partial charge in [-0.1, -0.05) is 32.9 Å². The summed E-state index contributed by atoms with van der Waals surface area (Å²) in [5.74, 6) is -2.20. The Kier molecular flexibility index (Phi) is 4.97. The highest BCUT2D eigenvalue weighted by molar-refractivity contribution is 5.83. The Morgan fingerprint density at radius 3 is 2.31 bits per heavy atom. The Morgan fingerprint density at radius 1 is 1.15 bits per heavy atom. The minimum absolute atomic E-state index is 0.0146. The zero-order chi connectivity index (χ0) is 19.3. The molecule has 1 aliphatic heterocycles. The molecule has 3 aliphatic rings. The van der Waals surface area contributed by atoms with E-state index in [1.165, 1.54) is 0 Å². The van der Waals surface area contributed by atoms with Crippen molar-refractivity contribution in [3.05, 3.63) is 12.2 Å². The second-order valence-electron chi connectivity index (χ2n) is 9.12. The molecular formula is C21H33NO4. The predicted molar refractivity (Wildman–Crippen MR) is 99.5 cm³/mol. The zero-order valence-corrected chi connectivity index (χ0v) is 16.6. The highest BCUT2D eigenvalue weighted by atomic mass is 16.5. The van der Waals surface area contributed by atoms with Crippen molar-refractivity contribution in [3.8, 4) is 0 Å². The van der Waals surface area contributed by atoms with Crippen LogP contribution in [0.1, 0.15) is 60.3 Å². The normalized spacial score (nSPS) is 47.1. The number of carboxylic acids is 1. The van der Waals surface area contributed by atoms with E-state index in [0.29, 0.717) is 0 Å². The lowest BCUT2D eigenvalue weighted by atomic mass is 9.70. The Hall–Kier alpha value is -1.36. The Balaban J connectivity index is 1.79. The molecule has 1 heterocycles. The van der Waals surface area contributed by atoms with Crippen LogP contribution in [0.2, 0.25) is 0 Å². The van der Waals surface area contributed by atoms with Crippen LogP contribution in [0, 0.1) is 29.6 Å². The average molecular weight is 363 g/mol. The molecule has 8 atom stereocenters. The van der Waals surface area contributed by atoms with E-state index >= 15 is 0 Å². The van der Waals surface area contributed by atoms with E-state index in [2.05, 4.69) is 39.9 Å². The van der Waals surface area contributed by atoms with Crippen molar-refractivity contribution in [2.75, 3.05) is 0 Å². The van der Waals surface area contributed by atoms with Crippen LogP contribution in [0.15, 0.2) is 12.2 Å². The molecule has 2 N–H and O–H groups in total. The summed E-state index contributed by atoms with van der Waals surface area (Å²) in [5.41, 5.74) is -0.183. The highest BCUT2D eigenvalue weighted by Gasteiger charge is 2.54. The molecule has 0 aromatic carbocycles. The summed E-state index contributed by atoms with van der Waals surface area (Å²) in [5, 5.41) is 13.4. The van der Waals surface area contributed by atoms with Crippen LogP contribution >= 0.6 is 0 Å². The molecular weight excluding hydrogens is 330 g/mol. The van der Waals surface area contributed by atoms with E-state index in [1.54, 1.807) is 0 Å². The van der Waals surface area contributed by atoms with Gasteiger partial charge in [0.25, 0.3) is 0 Å². The molecule has 2 fully saturated rings. The van der Waals surface area contributed by atoms with Gasteiger partial charge < -0.3 is 15.2 Å². The van der Waals surface area contributed by atoms with Gasteiger partial charge in [-0.05, 0) is 44.9 Å². The van der Waals surface area contributed by atoms with Gasteiger partial charge in [-0.3, -0.25) is 9.59 Å². The highest BCUT2D eigenvalue weighted by Crippen LogP contribution is 2.49. The summed E-state index contributed by atoms with van der Waals surface area (Å²) in [6.45, 7) is 10.8. The van der Waals surface area contributed by atoms with Gasteiger partial charge in [-0.2, -0.15) is 0 Å². The van der Waals surface area contributed by atoms with Crippen molar-refractivity contribution < 1.29 is 19.4 Å². The average Bonchev–Trinajstić information content (AvgIpc) is 3.20. The third kappa shape index (κ3) is 3.08. The summed E-state index contributed by atoms with van der Waals surface area (Å²) in [6, 6.07) is 0. The molecule has 2 aliphatic carbocycles. The fourth-order valence-electron chi connectivity index (χ4n) is 5.38. The van der Waals surface area contributed by atoms with E-state index in [9.17, 15) is 14.7 Å². The summed E-state index contributed by atoms with van der Waals surface area (Å²) in [4.78, 5) is 24.7. The molecule has 0 radical (unpaired) electrons. The van der Waals surface area contributed by atoms with Gasteiger partial charge in [0.05, 0.1) is 11.8 Å². The van der Waals surface area contributed by atoms with E-state index < -0.39 is 17.8 Å². The number of fused-ring (bicyclic) bond motifs is 2. The van der Waals surface area contributed by atoms with Crippen LogP contribution < -0.4 is 5.32 Å². The standard InChI is InChI=1S/C21H33NO4/c1-6-20(4)11-15(12(3)21(5,7-2)22-20)26-19(25)17-14-9-8-13(10-14)16(17)18(23)24/h8-9,12-17,22H,6-7,10-11H2,1-5H3,(H,23,24). The lowest BCUT2D eigenvalue weighted by Gasteiger charge is -2.53. The summed E-state index contributed by atoms with van der Waals surface area (Å²) in [6.07, 6.45) is 7.22. The molecule has 3 rings (SSSR count). The monoisotopic (exact) mass is 363 g/mol. The SMILES string of the molecule is CCC1(C)CC(OC(=O)C2C3C=CC(C3)C2C(=O)O)C(C)C(C)(CC)N1. The smallest absolute Gasteiger partial charge is 0.310 e. The van der Waals surface area contributed by atoms with Gasteiger partial charge >= 0.3 is 11.9 Å². The van der Waals surface area contributed by atoms with Crippen molar-refractivity contribution in [2.45, 2.75) is 77.5 Å². The van der Waals surface area contributed by atoms with Crippen LogP contribution in [-0.2, 0) is 14.3 Å². The van der Waals surface area contributed by atoms with Crippen molar-refractivity contribution >= 4 is 11.9 Å². The number of hydrogen-bond donors (Lipinski definition) is 2. The van der Waals surface area contributed by atoms with Crippen molar-refractivity contribution in [1.82, 2.24) is 5.32 Å². The van der Waals surface area contributed by atoms with Crippen LogP contribution in [0.25, 0.3) is 0 Å². The predicted octanol–water partition coefficient (Wildman–Crippen LogP) is 3.39. The first kappa shape index (κ1) is 19.4. The number of carbonyl (C=O) groups excluding carboxylic acids is 1. The third-order valence-corrected chi connectivity index (χ3v) is 7.60. The minimum Gasteiger partial charge on any atom is -0.481 e. The van der Waals surface area contributed by atoms with E-state index in [4.69, 9.17) is 4.74 Å². The summed E-state index contributed by atoms with van der Waals surface area (Å²) < 4.78 is 6.04. The topological polar surface area (TPSA) is 75.6 Å². The number of carboxylic acid groups (broad SMARTS) is 1. The molecule has 0 amide bonds. The quantitative estimate of drug-likeness (QED) is 0.578. The molecule has 8 unspecified atom stereocenters. The number of esters is 1. The number of rotatable bonds is 5. The molecule has 0 aromatic rings. The van der Waals surface area contributed by atoms with Crippen LogP contribution in [0.3, 0.4) is 0 Å². The van der Waals surface area contributed by atoms with Crippen molar-refractivity contribution in [3.63, 3.8) is 0 Å². The first-order valence-electron chi connectivity index (χ1n) is 10.0. The third-order valence-electron chi connectivity index (χ3n) is 7.60. The lowest BCUT2D eigenvalue weighted by molar-refractivity contribution is -0.170. The van der Waals surface area contributed by atoms with Gasteiger partial charge in [0.1, 0.15) is 6.10 Å². The summed E-state index contributed by atoms with van der Waals surface area (Å²) in [7, 11) is 0. The largest absolute Gasteiger partial charge is 0.481 e. The van der Waals surface area contributed by atoms with Gasteiger partial charge in [0, 0.05) is 23.4 Å². The number of allylic oxidation sites excluding steroid dienone is 2. The minimum atomic E-state index is -0.876. The second kappa shape index (κ2) is 6.66. The van der Waals surface area contributed by atoms with E-state index in [0.717, 1.165) is 25.7 Å². The molecule has 5 nitrogen and oxygen atoms in total. The maximum absolute atomic E-state index is 13.0. The van der Waals surface area contributed by atoms with Crippen LogP contribution in [0.5, 0.6) is 0 Å². The Bertz CT molecular complexity index is 617. The zero-order valence-electron chi connectivity index (χ0n) is 16.6. The second-order valence-corrected chi connectivity index (χ2v) is 9.12. The first-order chi connectivity index (χ1) is 12.1. The molecule has 1 saturated heterocycles. The van der Waals surface area contributed by atoms with Crippen LogP contribution in [0.4, 0.5) is 0 Å². The molecule has 1 saturated carbocycles. The Morgan fingerprint density at radius 2 is 1.77 bits per heavy atom. The van der Waals surface area contributed by atoms with Gasteiger partial charge in [-0.25, -0.2) is 0 Å². The molecule has 2 bridgehead atoms. The van der Waals surface area contributed by atoms with Crippen molar-refractivity contribution in [1.29, 1.82) is 0 Å². The molecule has 0 aromatic heterocycles. The number of ether oxygens (including phenoxy) is 1. The molecule has 5 heteroatoms. The fourth-order valence-corrected chi connectivity index (χ4v) is 5.38. The number of carbonyl (C=O) groups is 2. The number of hydrogen-bond acceptors (Lipinski definition) is 4. The number of nitrogens with one attached hydrogen (secondary N) is 1.